The Kier molecular flexibility index (Phi) is 4.30. The number of para-hydroxylation sites is 1. The fourth-order valence-corrected chi connectivity index (χ4v) is 2.24. The van der Waals surface area contributed by atoms with Crippen molar-refractivity contribution in [3.63, 3.8) is 0 Å². The van der Waals surface area contributed by atoms with Crippen molar-refractivity contribution in [1.29, 1.82) is 0 Å². The largest absolute Gasteiger partial charge is 0.457 e. The van der Waals surface area contributed by atoms with Crippen LogP contribution in [-0.4, -0.2) is 5.78 Å². The van der Waals surface area contributed by atoms with E-state index in [1.165, 1.54) is 0 Å². The first kappa shape index (κ1) is 14.1. The van der Waals surface area contributed by atoms with E-state index in [-0.39, 0.29) is 5.78 Å². The van der Waals surface area contributed by atoms with Crippen LogP contribution in [0.3, 0.4) is 0 Å². The van der Waals surface area contributed by atoms with Crippen molar-refractivity contribution < 1.29 is 9.53 Å². The monoisotopic (exact) mass is 288 g/mol. The lowest BCUT2D eigenvalue weighted by atomic mass is 10.0. The highest BCUT2D eigenvalue weighted by atomic mass is 16.5. The number of hydrogen-bond donors (Lipinski definition) is 0. The first-order valence-corrected chi connectivity index (χ1v) is 7.21. The Morgan fingerprint density at radius 1 is 0.727 bits per heavy atom. The molecule has 0 heterocycles. The number of benzene rings is 3. The van der Waals surface area contributed by atoms with Crippen molar-refractivity contribution in [2.75, 3.05) is 0 Å². The van der Waals surface area contributed by atoms with E-state index in [4.69, 9.17) is 4.74 Å². The zero-order chi connectivity index (χ0) is 15.2. The quantitative estimate of drug-likeness (QED) is 0.624. The van der Waals surface area contributed by atoms with Crippen molar-refractivity contribution in [1.82, 2.24) is 0 Å². The number of carbonyl (C=O) groups is 1. The van der Waals surface area contributed by atoms with E-state index in [1.807, 2.05) is 78.9 Å². The van der Waals surface area contributed by atoms with Crippen LogP contribution in [0.4, 0.5) is 0 Å². The van der Waals surface area contributed by atoms with Gasteiger partial charge in [0.25, 0.3) is 0 Å². The molecule has 0 N–H and O–H groups in total. The minimum absolute atomic E-state index is 0.0877. The summed E-state index contributed by atoms with van der Waals surface area (Å²) < 4.78 is 5.77. The third-order valence-corrected chi connectivity index (χ3v) is 3.34. The molecule has 0 atom stereocenters. The summed E-state index contributed by atoms with van der Waals surface area (Å²) in [7, 11) is 0. The van der Waals surface area contributed by atoms with Gasteiger partial charge in [0.05, 0.1) is 0 Å². The molecule has 2 nitrogen and oxygen atoms in total. The van der Waals surface area contributed by atoms with Crippen LogP contribution in [0.15, 0.2) is 84.9 Å². The Hall–Kier alpha value is -2.87. The zero-order valence-electron chi connectivity index (χ0n) is 12.1. The van der Waals surface area contributed by atoms with Gasteiger partial charge in [-0.3, -0.25) is 4.79 Å². The molecule has 0 fully saturated rings. The lowest BCUT2D eigenvalue weighted by Gasteiger charge is -2.07. The Balaban J connectivity index is 1.75. The van der Waals surface area contributed by atoms with Gasteiger partial charge < -0.3 is 4.74 Å². The second-order valence-electron chi connectivity index (χ2n) is 5.03. The average Bonchev–Trinajstić information content (AvgIpc) is 2.57. The van der Waals surface area contributed by atoms with Crippen molar-refractivity contribution in [2.24, 2.45) is 0 Å². The van der Waals surface area contributed by atoms with Gasteiger partial charge in [0.15, 0.2) is 5.78 Å². The van der Waals surface area contributed by atoms with E-state index in [1.54, 1.807) is 6.07 Å². The predicted octanol–water partition coefficient (Wildman–Crippen LogP) is 4.90. The van der Waals surface area contributed by atoms with Gasteiger partial charge in [0.1, 0.15) is 11.5 Å². The maximum atomic E-state index is 12.4. The van der Waals surface area contributed by atoms with Crippen LogP contribution < -0.4 is 4.74 Å². The molecule has 0 aromatic heterocycles. The third kappa shape index (κ3) is 3.61. The Morgan fingerprint density at radius 3 is 2.09 bits per heavy atom. The highest BCUT2D eigenvalue weighted by Crippen LogP contribution is 2.22. The van der Waals surface area contributed by atoms with Gasteiger partial charge in [0.2, 0.25) is 0 Å². The van der Waals surface area contributed by atoms with E-state index >= 15 is 0 Å². The summed E-state index contributed by atoms with van der Waals surface area (Å²) in [6, 6.07) is 26.6. The van der Waals surface area contributed by atoms with Crippen LogP contribution in [0, 0.1) is 0 Å². The molecule has 0 saturated carbocycles. The van der Waals surface area contributed by atoms with Crippen molar-refractivity contribution in [2.45, 2.75) is 6.42 Å². The maximum absolute atomic E-state index is 12.4. The fourth-order valence-electron chi connectivity index (χ4n) is 2.24. The van der Waals surface area contributed by atoms with Crippen LogP contribution in [0.1, 0.15) is 15.9 Å². The molecule has 0 unspecified atom stereocenters. The van der Waals surface area contributed by atoms with Gasteiger partial charge in [0, 0.05) is 12.0 Å². The second-order valence-corrected chi connectivity index (χ2v) is 5.03. The van der Waals surface area contributed by atoms with Gasteiger partial charge in [-0.05, 0) is 29.8 Å². The van der Waals surface area contributed by atoms with Crippen molar-refractivity contribution >= 4 is 5.78 Å². The average molecular weight is 288 g/mol. The maximum Gasteiger partial charge on any atom is 0.167 e. The molecule has 0 saturated heterocycles. The fraction of sp³-hybridized carbons (Fsp3) is 0.0500. The van der Waals surface area contributed by atoms with E-state index < -0.39 is 0 Å². The molecule has 22 heavy (non-hydrogen) atoms. The van der Waals surface area contributed by atoms with Crippen LogP contribution in [0.5, 0.6) is 11.5 Å². The predicted molar refractivity (Wildman–Crippen MR) is 87.4 cm³/mol. The van der Waals surface area contributed by atoms with E-state index in [0.29, 0.717) is 17.7 Å². The topological polar surface area (TPSA) is 26.3 Å². The summed E-state index contributed by atoms with van der Waals surface area (Å²) in [4.78, 5) is 12.4. The van der Waals surface area contributed by atoms with Crippen LogP contribution in [-0.2, 0) is 6.42 Å². The normalized spacial score (nSPS) is 10.2. The molecule has 0 aliphatic rings. The van der Waals surface area contributed by atoms with Gasteiger partial charge in [-0.2, -0.15) is 0 Å². The summed E-state index contributed by atoms with van der Waals surface area (Å²) in [6.45, 7) is 0. The van der Waals surface area contributed by atoms with Crippen molar-refractivity contribution in [3.8, 4) is 11.5 Å². The van der Waals surface area contributed by atoms with Crippen LogP contribution in [0.2, 0.25) is 0 Å². The number of Topliss-reactive ketones (excluding diaryl/α,β-unsaturated/α-hetero) is 1. The summed E-state index contributed by atoms with van der Waals surface area (Å²) in [5.74, 6) is 1.52. The number of carbonyl (C=O) groups excluding carboxylic acids is 1. The SMILES string of the molecule is O=C(Cc1ccccc1)c1cccc(Oc2ccccc2)c1. The molecule has 3 aromatic rings. The molecule has 108 valence electrons. The minimum Gasteiger partial charge on any atom is -0.457 e. The molecule has 0 radical (unpaired) electrons. The second kappa shape index (κ2) is 6.72. The highest BCUT2D eigenvalue weighted by molar-refractivity contribution is 5.97. The Morgan fingerprint density at radius 2 is 1.36 bits per heavy atom. The molecule has 0 aliphatic carbocycles. The first-order chi connectivity index (χ1) is 10.8. The smallest absolute Gasteiger partial charge is 0.167 e. The first-order valence-electron chi connectivity index (χ1n) is 7.21. The molecule has 0 spiro atoms. The molecule has 2 heteroatoms. The number of rotatable bonds is 5. The van der Waals surface area contributed by atoms with E-state index in [9.17, 15) is 4.79 Å². The van der Waals surface area contributed by atoms with Crippen molar-refractivity contribution in [3.05, 3.63) is 96.1 Å². The Labute approximate surface area is 130 Å². The number of ketones is 1. The molecule has 0 aliphatic heterocycles. The number of ether oxygens (including phenoxy) is 1. The summed E-state index contributed by atoms with van der Waals surface area (Å²) in [6.07, 6.45) is 0.398. The zero-order valence-corrected chi connectivity index (χ0v) is 12.1. The summed E-state index contributed by atoms with van der Waals surface area (Å²) >= 11 is 0. The molecular formula is C20H16O2. The summed E-state index contributed by atoms with van der Waals surface area (Å²) in [5, 5.41) is 0. The summed E-state index contributed by atoms with van der Waals surface area (Å²) in [5.41, 5.74) is 1.68. The molecular weight excluding hydrogens is 272 g/mol. The minimum atomic E-state index is 0.0877. The lowest BCUT2D eigenvalue weighted by Crippen LogP contribution is -2.03. The molecule has 0 amide bonds. The lowest BCUT2D eigenvalue weighted by molar-refractivity contribution is 0.0992. The molecule has 0 bridgehead atoms. The van der Waals surface area contributed by atoms with Crippen LogP contribution in [0.25, 0.3) is 0 Å². The standard InChI is InChI=1S/C20H16O2/c21-20(14-16-8-3-1-4-9-16)17-10-7-13-19(15-17)22-18-11-5-2-6-12-18/h1-13,15H,14H2. The van der Waals surface area contributed by atoms with Gasteiger partial charge in [-0.15, -0.1) is 0 Å². The van der Waals surface area contributed by atoms with Gasteiger partial charge >= 0.3 is 0 Å². The van der Waals surface area contributed by atoms with E-state index in [0.717, 1.165) is 11.3 Å². The molecule has 3 rings (SSSR count). The highest BCUT2D eigenvalue weighted by Gasteiger charge is 2.08. The third-order valence-electron chi connectivity index (χ3n) is 3.34. The van der Waals surface area contributed by atoms with Gasteiger partial charge in [-0.25, -0.2) is 0 Å². The Bertz CT molecular complexity index is 749. The number of hydrogen-bond acceptors (Lipinski definition) is 2. The van der Waals surface area contributed by atoms with Crippen LogP contribution >= 0.6 is 0 Å². The van der Waals surface area contributed by atoms with Gasteiger partial charge in [-0.1, -0.05) is 60.7 Å². The van der Waals surface area contributed by atoms with E-state index in [2.05, 4.69) is 0 Å². The molecule has 3 aromatic carbocycles.